The molecule has 0 aliphatic carbocycles. The number of nitrogens with one attached hydrogen (secondary N) is 1. The molecule has 1 heterocycles. The molecule has 0 unspecified atom stereocenters. The third-order valence-electron chi connectivity index (χ3n) is 4.01. The molecule has 2 aromatic carbocycles. The van der Waals surface area contributed by atoms with Crippen LogP contribution in [0.4, 0.5) is 9.39 Å². The first-order chi connectivity index (χ1) is 14.3. The highest BCUT2D eigenvalue weighted by molar-refractivity contribution is 7.18. The van der Waals surface area contributed by atoms with E-state index in [2.05, 4.69) is 5.32 Å². The highest BCUT2D eigenvalue weighted by Gasteiger charge is 2.20. The highest BCUT2D eigenvalue weighted by Crippen LogP contribution is 2.32. The maximum atomic E-state index is 13.2. The van der Waals surface area contributed by atoms with Crippen LogP contribution in [-0.4, -0.2) is 19.0 Å². The predicted molar refractivity (Wildman–Crippen MR) is 111 cm³/mol. The zero-order valence-corrected chi connectivity index (χ0v) is 17.4. The number of nitrogens with zero attached hydrogens (tertiary/aromatic N) is 1. The topological polar surface area (TPSA) is 88.4 Å². The van der Waals surface area contributed by atoms with Crippen molar-refractivity contribution in [1.29, 1.82) is 5.26 Å². The molecule has 0 aliphatic rings. The number of hydrogen-bond donors (Lipinski definition) is 1. The summed E-state index contributed by atoms with van der Waals surface area (Å²) in [6, 6.07) is 11.5. The van der Waals surface area contributed by atoms with E-state index in [1.807, 2.05) is 6.07 Å². The van der Waals surface area contributed by atoms with Gasteiger partial charge in [-0.15, -0.1) is 11.3 Å². The summed E-state index contributed by atoms with van der Waals surface area (Å²) in [5.41, 5.74) is 1.07. The van der Waals surface area contributed by atoms with Crippen LogP contribution in [0.15, 0.2) is 42.5 Å². The first-order valence-corrected chi connectivity index (χ1v) is 9.69. The molecular formula is C21H14ClFN2O4S. The summed E-state index contributed by atoms with van der Waals surface area (Å²) >= 11 is 6.94. The van der Waals surface area contributed by atoms with Crippen molar-refractivity contribution in [2.24, 2.45) is 0 Å². The summed E-state index contributed by atoms with van der Waals surface area (Å²) in [5, 5.41) is 12.0. The highest BCUT2D eigenvalue weighted by atomic mass is 35.5. The van der Waals surface area contributed by atoms with Crippen LogP contribution in [0.1, 0.15) is 31.2 Å². The van der Waals surface area contributed by atoms with Crippen LogP contribution in [0.5, 0.6) is 11.5 Å². The Labute approximate surface area is 180 Å². The van der Waals surface area contributed by atoms with Crippen LogP contribution in [0.2, 0.25) is 5.02 Å². The quantitative estimate of drug-likeness (QED) is 0.431. The van der Waals surface area contributed by atoms with Gasteiger partial charge in [0.1, 0.15) is 10.7 Å². The Bertz CT molecular complexity index is 1190. The number of amides is 1. The summed E-state index contributed by atoms with van der Waals surface area (Å²) in [5.74, 6) is -1.31. The van der Waals surface area contributed by atoms with Crippen molar-refractivity contribution in [3.63, 3.8) is 0 Å². The number of thiophene rings is 1. The van der Waals surface area contributed by atoms with Crippen molar-refractivity contribution in [3.8, 4) is 17.6 Å². The molecule has 152 valence electrons. The monoisotopic (exact) mass is 444 g/mol. The Morgan fingerprint density at radius 3 is 2.60 bits per heavy atom. The van der Waals surface area contributed by atoms with Gasteiger partial charge in [-0.2, -0.15) is 5.26 Å². The first kappa shape index (κ1) is 21.3. The molecule has 9 heteroatoms. The number of methoxy groups -OCH3 is 1. The Kier molecular flexibility index (Phi) is 6.35. The summed E-state index contributed by atoms with van der Waals surface area (Å²) in [6.45, 7) is 1.70. The maximum Gasteiger partial charge on any atom is 0.354 e. The van der Waals surface area contributed by atoms with Crippen molar-refractivity contribution in [2.45, 2.75) is 6.92 Å². The lowest BCUT2D eigenvalue weighted by atomic mass is 10.2. The molecule has 0 bridgehead atoms. The first-order valence-electron chi connectivity index (χ1n) is 8.49. The standard InChI is InChI=1S/C21H14ClFN2O4S/c1-11-7-18(25-20(26)14-5-4-13(23)9-15(14)22)30-19(11)21(27)29-16-6-3-12(10-24)8-17(16)28-2/h3-9H,1-2H3,(H,25,26). The minimum atomic E-state index is -0.638. The van der Waals surface area contributed by atoms with E-state index >= 15 is 0 Å². The number of carbonyl (C=O) groups excluding carboxylic acids is 2. The molecule has 1 aromatic heterocycles. The lowest BCUT2D eigenvalue weighted by molar-refractivity contribution is 0.0734. The zero-order valence-electron chi connectivity index (χ0n) is 15.8. The van der Waals surface area contributed by atoms with Crippen molar-refractivity contribution in [2.75, 3.05) is 12.4 Å². The lowest BCUT2D eigenvalue weighted by Gasteiger charge is -2.09. The molecule has 0 saturated heterocycles. The fourth-order valence-electron chi connectivity index (χ4n) is 2.57. The van der Waals surface area contributed by atoms with E-state index in [0.717, 1.165) is 23.5 Å². The zero-order chi connectivity index (χ0) is 21.8. The van der Waals surface area contributed by atoms with E-state index < -0.39 is 17.7 Å². The van der Waals surface area contributed by atoms with E-state index in [1.54, 1.807) is 13.0 Å². The van der Waals surface area contributed by atoms with E-state index in [4.69, 9.17) is 26.3 Å². The average molecular weight is 445 g/mol. The van der Waals surface area contributed by atoms with Gasteiger partial charge in [-0.05, 0) is 48.9 Å². The molecule has 0 fully saturated rings. The number of halogens is 2. The smallest absolute Gasteiger partial charge is 0.354 e. The summed E-state index contributed by atoms with van der Waals surface area (Å²) in [6.07, 6.45) is 0. The molecule has 1 amide bonds. The van der Waals surface area contributed by atoms with E-state index in [-0.39, 0.29) is 27.0 Å². The minimum absolute atomic E-state index is 0.0201. The Balaban J connectivity index is 1.78. The van der Waals surface area contributed by atoms with Crippen LogP contribution in [0, 0.1) is 24.1 Å². The molecule has 0 atom stereocenters. The molecule has 6 nitrogen and oxygen atoms in total. The van der Waals surface area contributed by atoms with Gasteiger partial charge in [-0.1, -0.05) is 11.6 Å². The normalized spacial score (nSPS) is 10.2. The van der Waals surface area contributed by atoms with Gasteiger partial charge in [0.2, 0.25) is 0 Å². The van der Waals surface area contributed by atoms with Crippen LogP contribution in [-0.2, 0) is 0 Å². The van der Waals surface area contributed by atoms with Crippen LogP contribution < -0.4 is 14.8 Å². The Morgan fingerprint density at radius 2 is 1.93 bits per heavy atom. The Morgan fingerprint density at radius 1 is 1.17 bits per heavy atom. The molecule has 1 N–H and O–H groups in total. The molecule has 0 radical (unpaired) electrons. The number of esters is 1. The lowest BCUT2D eigenvalue weighted by Crippen LogP contribution is -2.11. The number of rotatable bonds is 5. The van der Waals surface area contributed by atoms with Gasteiger partial charge < -0.3 is 14.8 Å². The summed E-state index contributed by atoms with van der Waals surface area (Å²) in [7, 11) is 1.40. The molecule has 30 heavy (non-hydrogen) atoms. The average Bonchev–Trinajstić information content (AvgIpc) is 3.08. The summed E-state index contributed by atoms with van der Waals surface area (Å²) < 4.78 is 23.7. The third kappa shape index (κ3) is 4.59. The second kappa shape index (κ2) is 8.95. The molecule has 0 spiro atoms. The minimum Gasteiger partial charge on any atom is -0.493 e. The fourth-order valence-corrected chi connectivity index (χ4v) is 3.76. The van der Waals surface area contributed by atoms with Gasteiger partial charge >= 0.3 is 5.97 Å². The number of benzene rings is 2. The maximum absolute atomic E-state index is 13.2. The summed E-state index contributed by atoms with van der Waals surface area (Å²) in [4.78, 5) is 25.3. The Hall–Kier alpha value is -3.41. The fraction of sp³-hybridized carbons (Fsp3) is 0.0952. The van der Waals surface area contributed by atoms with E-state index in [1.165, 1.54) is 31.4 Å². The van der Waals surface area contributed by atoms with E-state index in [9.17, 15) is 14.0 Å². The van der Waals surface area contributed by atoms with Gasteiger partial charge in [-0.25, -0.2) is 9.18 Å². The van der Waals surface area contributed by atoms with Crippen molar-refractivity contribution < 1.29 is 23.5 Å². The number of carbonyl (C=O) groups is 2. The number of ether oxygens (including phenoxy) is 2. The van der Waals surface area contributed by atoms with Crippen molar-refractivity contribution in [1.82, 2.24) is 0 Å². The van der Waals surface area contributed by atoms with E-state index in [0.29, 0.717) is 16.1 Å². The SMILES string of the molecule is COc1cc(C#N)ccc1OC(=O)c1sc(NC(=O)c2ccc(F)cc2Cl)cc1C. The molecular weight excluding hydrogens is 431 g/mol. The molecule has 3 aromatic rings. The van der Waals surface area contributed by atoms with Gasteiger partial charge in [0.05, 0.1) is 34.3 Å². The predicted octanol–water partition coefficient (Wildman–Crippen LogP) is 5.20. The second-order valence-electron chi connectivity index (χ2n) is 6.07. The van der Waals surface area contributed by atoms with Crippen molar-refractivity contribution in [3.05, 3.63) is 74.9 Å². The van der Waals surface area contributed by atoms with Gasteiger partial charge in [0.15, 0.2) is 11.5 Å². The largest absolute Gasteiger partial charge is 0.493 e. The van der Waals surface area contributed by atoms with Crippen LogP contribution in [0.25, 0.3) is 0 Å². The van der Waals surface area contributed by atoms with Crippen LogP contribution in [0.3, 0.4) is 0 Å². The van der Waals surface area contributed by atoms with Crippen molar-refractivity contribution >= 4 is 39.8 Å². The number of anilines is 1. The van der Waals surface area contributed by atoms with Gasteiger partial charge in [0.25, 0.3) is 5.91 Å². The molecule has 0 saturated carbocycles. The molecule has 3 rings (SSSR count). The third-order valence-corrected chi connectivity index (χ3v) is 5.46. The molecule has 0 aliphatic heterocycles. The second-order valence-corrected chi connectivity index (χ2v) is 7.53. The van der Waals surface area contributed by atoms with Gasteiger partial charge in [-0.3, -0.25) is 4.79 Å². The van der Waals surface area contributed by atoms with Crippen LogP contribution >= 0.6 is 22.9 Å². The number of hydrogen-bond acceptors (Lipinski definition) is 6. The van der Waals surface area contributed by atoms with Gasteiger partial charge in [0, 0.05) is 6.07 Å². The number of aryl methyl sites for hydroxylation is 1. The number of nitriles is 1.